The number of hydrogen-bond donors (Lipinski definition) is 0. The van der Waals surface area contributed by atoms with E-state index >= 15 is 0 Å². The number of alkyl halides is 1. The van der Waals surface area contributed by atoms with Crippen molar-refractivity contribution in [3.05, 3.63) is 11.6 Å². The van der Waals surface area contributed by atoms with Gasteiger partial charge in [-0.25, -0.2) is 4.79 Å². The van der Waals surface area contributed by atoms with Gasteiger partial charge in [0.25, 0.3) is 0 Å². The molecule has 0 saturated carbocycles. The van der Waals surface area contributed by atoms with Crippen LogP contribution < -0.4 is 0 Å². The van der Waals surface area contributed by atoms with Crippen LogP contribution in [0.3, 0.4) is 0 Å². The Morgan fingerprint density at radius 2 is 1.83 bits per heavy atom. The largest absolute Gasteiger partial charge is 0.462 e. The van der Waals surface area contributed by atoms with E-state index in [0.29, 0.717) is 6.61 Å². The van der Waals surface area contributed by atoms with Crippen LogP contribution in [0.2, 0.25) is 0 Å². The van der Waals surface area contributed by atoms with Crippen molar-refractivity contribution >= 4 is 27.7 Å². The minimum Gasteiger partial charge on any atom is -0.462 e. The van der Waals surface area contributed by atoms with Crippen molar-refractivity contribution in [2.45, 2.75) is 47.0 Å². The maximum atomic E-state index is 11.9. The third-order valence-electron chi connectivity index (χ3n) is 2.20. The van der Waals surface area contributed by atoms with Crippen LogP contribution in [0.15, 0.2) is 11.6 Å². The van der Waals surface area contributed by atoms with Crippen molar-refractivity contribution in [2.24, 2.45) is 5.41 Å². The fraction of sp³-hybridized carbons (Fsp3) is 0.714. The van der Waals surface area contributed by atoms with E-state index in [1.54, 1.807) is 6.08 Å². The zero-order chi connectivity index (χ0) is 14.2. The summed E-state index contributed by atoms with van der Waals surface area (Å²) in [5.74, 6) is -0.740. The standard InChI is InChI=1S/C14H23BrO3/c1-5-6-7-8-18-13(17)11(12(16)10-15)9-14(2,3)4/h9H,5-8,10H2,1-4H3/b11-9-. The molecule has 0 radical (unpaired) electrons. The molecule has 3 nitrogen and oxygen atoms in total. The summed E-state index contributed by atoms with van der Waals surface area (Å²) in [6.45, 7) is 8.29. The van der Waals surface area contributed by atoms with Crippen molar-refractivity contribution in [1.82, 2.24) is 0 Å². The van der Waals surface area contributed by atoms with E-state index in [9.17, 15) is 9.59 Å². The first-order chi connectivity index (χ1) is 8.31. The van der Waals surface area contributed by atoms with E-state index in [4.69, 9.17) is 4.74 Å². The van der Waals surface area contributed by atoms with Gasteiger partial charge in [0.1, 0.15) is 5.57 Å². The van der Waals surface area contributed by atoms with Crippen LogP contribution in [-0.4, -0.2) is 23.7 Å². The Balaban J connectivity index is 4.63. The molecule has 4 heteroatoms. The van der Waals surface area contributed by atoms with Gasteiger partial charge in [-0.1, -0.05) is 62.5 Å². The fourth-order valence-electron chi connectivity index (χ4n) is 1.35. The molecule has 18 heavy (non-hydrogen) atoms. The number of ether oxygens (including phenoxy) is 1. The molecule has 0 aliphatic rings. The van der Waals surface area contributed by atoms with E-state index in [1.165, 1.54) is 0 Å². The van der Waals surface area contributed by atoms with Gasteiger partial charge in [-0.2, -0.15) is 0 Å². The number of rotatable bonds is 7. The molecule has 0 aromatic rings. The van der Waals surface area contributed by atoms with Crippen molar-refractivity contribution in [1.29, 1.82) is 0 Å². The smallest absolute Gasteiger partial charge is 0.341 e. The second kappa shape index (κ2) is 8.46. The zero-order valence-electron chi connectivity index (χ0n) is 11.7. The minimum atomic E-state index is -0.509. The molecule has 0 rings (SSSR count). The number of esters is 1. The maximum Gasteiger partial charge on any atom is 0.341 e. The number of allylic oxidation sites excluding steroid dienone is 1. The summed E-state index contributed by atoms with van der Waals surface area (Å²) in [5, 5.41) is 0.138. The molecule has 0 N–H and O–H groups in total. The van der Waals surface area contributed by atoms with Crippen molar-refractivity contribution < 1.29 is 14.3 Å². The second-order valence-corrected chi connectivity index (χ2v) is 5.88. The topological polar surface area (TPSA) is 43.4 Å². The summed E-state index contributed by atoms with van der Waals surface area (Å²) in [6.07, 6.45) is 4.62. The first-order valence-corrected chi connectivity index (χ1v) is 7.43. The summed E-state index contributed by atoms with van der Waals surface area (Å²) in [6, 6.07) is 0. The van der Waals surface area contributed by atoms with Crippen LogP contribution in [0.25, 0.3) is 0 Å². The summed E-state index contributed by atoms with van der Waals surface area (Å²) in [7, 11) is 0. The lowest BCUT2D eigenvalue weighted by Crippen LogP contribution is -2.20. The number of carbonyl (C=O) groups is 2. The Hall–Kier alpha value is -0.640. The lowest BCUT2D eigenvalue weighted by molar-refractivity contribution is -0.140. The van der Waals surface area contributed by atoms with Crippen LogP contribution in [0, 0.1) is 5.41 Å². The number of hydrogen-bond acceptors (Lipinski definition) is 3. The van der Waals surface area contributed by atoms with Gasteiger partial charge in [-0.3, -0.25) is 4.79 Å². The highest BCUT2D eigenvalue weighted by Crippen LogP contribution is 2.19. The SMILES string of the molecule is CCCCCOC(=O)/C(=C\C(C)(C)C)C(=O)CBr. The number of Topliss-reactive ketones (excluding diaryl/α,β-unsaturated/α-hetero) is 1. The second-order valence-electron chi connectivity index (χ2n) is 5.32. The average molecular weight is 319 g/mol. The van der Waals surface area contributed by atoms with Crippen LogP contribution in [0.1, 0.15) is 47.0 Å². The monoisotopic (exact) mass is 318 g/mol. The molecule has 0 heterocycles. The third kappa shape index (κ3) is 7.64. The van der Waals surface area contributed by atoms with Gasteiger partial charge in [0.2, 0.25) is 0 Å². The van der Waals surface area contributed by atoms with Gasteiger partial charge in [0.15, 0.2) is 5.78 Å². The van der Waals surface area contributed by atoms with Gasteiger partial charge in [-0.05, 0) is 11.8 Å². The van der Waals surface area contributed by atoms with Crippen LogP contribution in [0.4, 0.5) is 0 Å². The maximum absolute atomic E-state index is 11.9. The van der Waals surface area contributed by atoms with Gasteiger partial charge < -0.3 is 4.74 Å². The molecule has 0 bridgehead atoms. The summed E-state index contributed by atoms with van der Waals surface area (Å²) in [5.41, 5.74) is -0.0776. The number of unbranched alkanes of at least 4 members (excludes halogenated alkanes) is 2. The normalized spacial score (nSPS) is 12.4. The zero-order valence-corrected chi connectivity index (χ0v) is 13.3. The van der Waals surface area contributed by atoms with E-state index in [2.05, 4.69) is 22.9 Å². The van der Waals surface area contributed by atoms with Crippen molar-refractivity contribution in [2.75, 3.05) is 11.9 Å². The molecule has 0 fully saturated rings. The van der Waals surface area contributed by atoms with Crippen molar-refractivity contribution in [3.8, 4) is 0 Å². The Kier molecular flexibility index (Phi) is 8.16. The first kappa shape index (κ1) is 17.4. The fourth-order valence-corrected chi connectivity index (χ4v) is 1.65. The Labute approximate surface area is 118 Å². The van der Waals surface area contributed by atoms with Gasteiger partial charge >= 0.3 is 5.97 Å². The Morgan fingerprint density at radius 3 is 2.28 bits per heavy atom. The van der Waals surface area contributed by atoms with Gasteiger partial charge in [-0.15, -0.1) is 0 Å². The molecule has 0 spiro atoms. The van der Waals surface area contributed by atoms with Gasteiger partial charge in [0.05, 0.1) is 11.9 Å². The number of carbonyl (C=O) groups excluding carboxylic acids is 2. The first-order valence-electron chi connectivity index (χ1n) is 6.31. The summed E-state index contributed by atoms with van der Waals surface area (Å²) >= 11 is 3.09. The van der Waals surface area contributed by atoms with Crippen molar-refractivity contribution in [3.63, 3.8) is 0 Å². The molecule has 0 aromatic carbocycles. The summed E-state index contributed by atoms with van der Waals surface area (Å²) < 4.78 is 5.13. The Morgan fingerprint density at radius 1 is 1.22 bits per heavy atom. The highest BCUT2D eigenvalue weighted by molar-refractivity contribution is 9.09. The highest BCUT2D eigenvalue weighted by Gasteiger charge is 2.21. The number of ketones is 1. The molecule has 0 unspecified atom stereocenters. The summed E-state index contributed by atoms with van der Waals surface area (Å²) in [4.78, 5) is 23.6. The van der Waals surface area contributed by atoms with Gasteiger partial charge in [0, 0.05) is 0 Å². The number of halogens is 1. The van der Waals surface area contributed by atoms with Crippen LogP contribution >= 0.6 is 15.9 Å². The van der Waals surface area contributed by atoms with E-state index in [0.717, 1.165) is 19.3 Å². The average Bonchev–Trinajstić information content (AvgIpc) is 2.29. The van der Waals surface area contributed by atoms with E-state index < -0.39 is 5.97 Å². The Bertz CT molecular complexity index is 313. The molecular formula is C14H23BrO3. The van der Waals surface area contributed by atoms with E-state index in [1.807, 2.05) is 20.8 Å². The molecular weight excluding hydrogens is 296 g/mol. The highest BCUT2D eigenvalue weighted by atomic mass is 79.9. The predicted molar refractivity (Wildman–Crippen MR) is 76.8 cm³/mol. The molecule has 0 atom stereocenters. The molecule has 0 saturated heterocycles. The molecule has 0 aliphatic carbocycles. The predicted octanol–water partition coefficient (Wildman–Crippen LogP) is 3.66. The minimum absolute atomic E-state index is 0.138. The molecule has 104 valence electrons. The quantitative estimate of drug-likeness (QED) is 0.180. The lowest BCUT2D eigenvalue weighted by Gasteiger charge is -2.15. The third-order valence-corrected chi connectivity index (χ3v) is 2.71. The lowest BCUT2D eigenvalue weighted by atomic mass is 9.92. The molecule has 0 aromatic heterocycles. The van der Waals surface area contributed by atoms with Crippen LogP contribution in [0.5, 0.6) is 0 Å². The molecule has 0 amide bonds. The van der Waals surface area contributed by atoms with E-state index in [-0.39, 0.29) is 22.1 Å². The van der Waals surface area contributed by atoms with Crippen LogP contribution in [-0.2, 0) is 14.3 Å². The molecule has 0 aliphatic heterocycles.